The number of benzene rings is 3. The molecule has 59 heavy (non-hydrogen) atoms. The van der Waals surface area contributed by atoms with Crippen molar-refractivity contribution in [2.45, 2.75) is 95.9 Å². The molecule has 3 aromatic rings. The van der Waals surface area contributed by atoms with Gasteiger partial charge in [-0.15, -0.1) is 0 Å². The first kappa shape index (κ1) is 46.2. The number of alkyl carbamates (subject to hydrolysis) is 2. The number of nitrogens with one attached hydrogen (secondary N) is 3. The molecular weight excluding hydrogens is 790 g/mol. The molecule has 0 aliphatic carbocycles. The molecule has 18 heteroatoms. The Morgan fingerprint density at radius 3 is 1.88 bits per heavy atom. The molecule has 3 atom stereocenters. The molecule has 1 aliphatic rings. The van der Waals surface area contributed by atoms with Crippen molar-refractivity contribution in [3.05, 3.63) is 101 Å². The molecule has 1 fully saturated rings. The van der Waals surface area contributed by atoms with Crippen LogP contribution in [0.3, 0.4) is 0 Å². The van der Waals surface area contributed by atoms with Gasteiger partial charge in [0.05, 0.1) is 19.2 Å². The van der Waals surface area contributed by atoms with Crippen molar-refractivity contribution in [1.82, 2.24) is 15.5 Å². The number of hydrogen-bond donors (Lipinski definition) is 3. The van der Waals surface area contributed by atoms with Gasteiger partial charge in [-0.3, -0.25) is 4.79 Å². The quantitative estimate of drug-likeness (QED) is 0.123. The first-order valence-electron chi connectivity index (χ1n) is 18.7. The van der Waals surface area contributed by atoms with Crippen LogP contribution in [0.2, 0.25) is 0 Å². The zero-order valence-electron chi connectivity index (χ0n) is 33.4. The minimum absolute atomic E-state index is 0.00368. The Bertz CT molecular complexity index is 1870. The molecule has 0 aromatic heterocycles. The van der Waals surface area contributed by atoms with Crippen LogP contribution < -0.4 is 16.0 Å². The van der Waals surface area contributed by atoms with Gasteiger partial charge in [-0.25, -0.2) is 27.6 Å². The minimum Gasteiger partial charge on any atom is -0.447 e. The lowest BCUT2D eigenvalue weighted by atomic mass is 9.84. The second-order valence-electron chi connectivity index (χ2n) is 15.8. The fourth-order valence-corrected chi connectivity index (χ4v) is 6.14. The van der Waals surface area contributed by atoms with E-state index < -0.39 is 96.3 Å². The number of rotatable bonds is 12. The van der Waals surface area contributed by atoms with Gasteiger partial charge in [0, 0.05) is 17.2 Å². The van der Waals surface area contributed by atoms with Crippen LogP contribution in [0, 0.1) is 17.5 Å². The van der Waals surface area contributed by atoms with Gasteiger partial charge < -0.3 is 39.8 Å². The van der Waals surface area contributed by atoms with Crippen LogP contribution in [0.15, 0.2) is 66.7 Å². The first-order valence-corrected chi connectivity index (χ1v) is 18.7. The van der Waals surface area contributed by atoms with E-state index in [4.69, 9.17) is 18.9 Å². The number of halogens is 6. The fourth-order valence-electron chi connectivity index (χ4n) is 6.14. The second kappa shape index (κ2) is 19.5. The number of alkyl halides is 3. The Morgan fingerprint density at radius 1 is 0.780 bits per heavy atom. The molecule has 1 saturated heterocycles. The predicted molar refractivity (Wildman–Crippen MR) is 203 cm³/mol. The van der Waals surface area contributed by atoms with Gasteiger partial charge >= 0.3 is 24.5 Å². The fraction of sp³-hybridized carbons (Fsp3) is 0.463. The van der Waals surface area contributed by atoms with Gasteiger partial charge in [0.15, 0.2) is 0 Å². The van der Waals surface area contributed by atoms with Crippen LogP contribution in [0.25, 0.3) is 0 Å². The van der Waals surface area contributed by atoms with E-state index in [0.717, 1.165) is 30.3 Å². The lowest BCUT2D eigenvalue weighted by molar-refractivity contribution is -0.125. The van der Waals surface area contributed by atoms with Crippen molar-refractivity contribution >= 4 is 29.9 Å². The third kappa shape index (κ3) is 15.0. The summed E-state index contributed by atoms with van der Waals surface area (Å²) in [4.78, 5) is 53.9. The second-order valence-corrected chi connectivity index (χ2v) is 15.8. The number of morpholine rings is 1. The summed E-state index contributed by atoms with van der Waals surface area (Å²) >= 11 is 0. The van der Waals surface area contributed by atoms with Gasteiger partial charge in [0.2, 0.25) is 5.91 Å². The van der Waals surface area contributed by atoms with Crippen LogP contribution in [-0.4, -0.2) is 91.0 Å². The molecule has 0 spiro atoms. The molecule has 1 heterocycles. The van der Waals surface area contributed by atoms with Gasteiger partial charge in [-0.1, -0.05) is 30.3 Å². The van der Waals surface area contributed by atoms with Gasteiger partial charge in [0.1, 0.15) is 54.0 Å². The smallest absolute Gasteiger partial charge is 0.410 e. The number of nitrogens with zero attached hydrogens (tertiary/aromatic N) is 1. The average molecular weight is 839 g/mol. The number of anilines is 1. The summed E-state index contributed by atoms with van der Waals surface area (Å²) in [6.07, 6.45) is -9.67. The summed E-state index contributed by atoms with van der Waals surface area (Å²) in [6, 6.07) is 12.7. The Morgan fingerprint density at radius 2 is 1.34 bits per heavy atom. The summed E-state index contributed by atoms with van der Waals surface area (Å²) < 4.78 is 103. The zero-order chi connectivity index (χ0) is 43.7. The summed E-state index contributed by atoms with van der Waals surface area (Å²) in [7, 11) is 0. The molecule has 1 aliphatic heterocycles. The highest BCUT2D eigenvalue weighted by Crippen LogP contribution is 2.32. The Balaban J connectivity index is 1.61. The molecule has 3 unspecified atom stereocenters. The topological polar surface area (TPSA) is 145 Å². The Labute approximate surface area is 337 Å². The highest BCUT2D eigenvalue weighted by atomic mass is 19.4. The summed E-state index contributed by atoms with van der Waals surface area (Å²) in [5.41, 5.74) is -1.12. The van der Waals surface area contributed by atoms with Crippen LogP contribution in [0.4, 0.5) is 46.4 Å². The van der Waals surface area contributed by atoms with E-state index in [-0.39, 0.29) is 37.2 Å². The summed E-state index contributed by atoms with van der Waals surface area (Å²) in [5.74, 6) is -3.75. The number of carbonyl (C=O) groups excluding carboxylic acids is 4. The Hall–Kier alpha value is -5.52. The summed E-state index contributed by atoms with van der Waals surface area (Å²) in [6.45, 7) is 7.45. The van der Waals surface area contributed by atoms with Crippen LogP contribution in [-0.2, 0) is 30.2 Å². The van der Waals surface area contributed by atoms with E-state index in [1.165, 1.54) is 41.3 Å². The first-order chi connectivity index (χ1) is 27.5. The molecule has 12 nitrogen and oxygen atoms in total. The Kier molecular flexibility index (Phi) is 15.3. The van der Waals surface area contributed by atoms with Crippen molar-refractivity contribution in [3.63, 3.8) is 0 Å². The van der Waals surface area contributed by atoms with E-state index in [9.17, 15) is 41.1 Å². The zero-order valence-corrected chi connectivity index (χ0v) is 33.4. The molecule has 4 rings (SSSR count). The third-order valence-electron chi connectivity index (χ3n) is 8.56. The number of amides is 4. The largest absolute Gasteiger partial charge is 0.447 e. The van der Waals surface area contributed by atoms with E-state index >= 15 is 4.39 Å². The summed E-state index contributed by atoms with van der Waals surface area (Å²) in [5, 5.41) is 6.88. The lowest BCUT2D eigenvalue weighted by Gasteiger charge is -2.38. The van der Waals surface area contributed by atoms with E-state index in [1.807, 2.05) is 0 Å². The number of carbonyl (C=O) groups is 4. The molecule has 4 amide bonds. The molecule has 0 radical (unpaired) electrons. The predicted octanol–water partition coefficient (Wildman–Crippen LogP) is 7.99. The number of ether oxygens (including phenoxy) is 4. The standard InChI is InChI=1S/C41H48F6N4O8/c1-39(2,3)58-37(54)50-34(33(24-10-14-26(42)15-11-24)25-12-16-27(43)17-13-25)35(52)49-32-9-7-8-31(44)30(32)19-18-28-20-51(38(55)59-40(4,5)6)21-29(57-28)22-56-36(53)48-23-41(45,46)47/h7-17,28-29,33-34H,18-23H2,1-6H3,(H,48,53)(H,49,52)(H,50,54). The monoisotopic (exact) mass is 838 g/mol. The van der Waals surface area contributed by atoms with Crippen molar-refractivity contribution < 1.29 is 64.5 Å². The third-order valence-corrected chi connectivity index (χ3v) is 8.56. The SMILES string of the molecule is CC(C)(C)OC(=O)NC(C(=O)Nc1cccc(F)c1CCC1CN(C(=O)OC(C)(C)C)CC(COC(=O)NCC(F)(F)F)O1)C(c1ccc(F)cc1)c1ccc(F)cc1. The van der Waals surface area contributed by atoms with Crippen molar-refractivity contribution in [2.24, 2.45) is 0 Å². The van der Waals surface area contributed by atoms with Crippen LogP contribution >= 0.6 is 0 Å². The van der Waals surface area contributed by atoms with Crippen LogP contribution in [0.5, 0.6) is 0 Å². The van der Waals surface area contributed by atoms with E-state index in [2.05, 4.69) is 10.6 Å². The average Bonchev–Trinajstić information content (AvgIpc) is 3.12. The molecule has 3 N–H and O–H groups in total. The lowest BCUT2D eigenvalue weighted by Crippen LogP contribution is -2.53. The molecule has 3 aromatic carbocycles. The maximum atomic E-state index is 15.7. The maximum Gasteiger partial charge on any atom is 0.410 e. The number of hydrogen-bond acceptors (Lipinski definition) is 8. The van der Waals surface area contributed by atoms with Crippen molar-refractivity contribution in [3.8, 4) is 0 Å². The molecule has 322 valence electrons. The molecular formula is C41H48F6N4O8. The molecule has 0 saturated carbocycles. The van der Waals surface area contributed by atoms with Crippen LogP contribution in [0.1, 0.15) is 70.6 Å². The minimum atomic E-state index is -4.67. The normalized spacial score (nSPS) is 16.5. The van der Waals surface area contributed by atoms with Crippen molar-refractivity contribution in [1.29, 1.82) is 0 Å². The van der Waals surface area contributed by atoms with Crippen molar-refractivity contribution in [2.75, 3.05) is 31.6 Å². The molecule has 0 bridgehead atoms. The van der Waals surface area contributed by atoms with Gasteiger partial charge in [-0.05, 0) is 102 Å². The van der Waals surface area contributed by atoms with Gasteiger partial charge in [-0.2, -0.15) is 13.2 Å². The van der Waals surface area contributed by atoms with Gasteiger partial charge in [0.25, 0.3) is 0 Å². The van der Waals surface area contributed by atoms with E-state index in [1.54, 1.807) is 46.9 Å². The van der Waals surface area contributed by atoms with E-state index in [0.29, 0.717) is 11.1 Å². The maximum absolute atomic E-state index is 15.7. The highest BCUT2D eigenvalue weighted by molar-refractivity contribution is 5.98. The highest BCUT2D eigenvalue weighted by Gasteiger charge is 2.37.